The van der Waals surface area contributed by atoms with Crippen molar-refractivity contribution >= 4 is 11.8 Å². The average molecular weight is 239 g/mol. The van der Waals surface area contributed by atoms with Crippen LogP contribution in [0.1, 0.15) is 43.5 Å². The van der Waals surface area contributed by atoms with E-state index in [0.717, 1.165) is 18.8 Å². The van der Waals surface area contributed by atoms with E-state index in [1.54, 1.807) is 0 Å². The number of rotatable bonds is 3. The molecular weight excluding hydrogens is 218 g/mol. The summed E-state index contributed by atoms with van der Waals surface area (Å²) in [7, 11) is 1.32. The molecule has 1 aromatic rings. The number of nitrogens with zero attached hydrogens (tertiary/aromatic N) is 2. The molecule has 0 saturated heterocycles. The first-order chi connectivity index (χ1) is 7.76. The number of esters is 1. The van der Waals surface area contributed by atoms with E-state index in [1.807, 2.05) is 11.5 Å². The fourth-order valence-corrected chi connectivity index (χ4v) is 1.56. The lowest BCUT2D eigenvalue weighted by atomic mass is 9.92. The van der Waals surface area contributed by atoms with E-state index in [0.29, 0.717) is 5.82 Å². The Kier molecular flexibility index (Phi) is 3.80. The summed E-state index contributed by atoms with van der Waals surface area (Å²) >= 11 is 0. The second-order valence-electron chi connectivity index (χ2n) is 5.35. The van der Waals surface area contributed by atoms with Crippen molar-refractivity contribution in [2.24, 2.45) is 5.41 Å². The number of carbonyl (C=O) groups is 1. The predicted molar refractivity (Wildman–Crippen MR) is 66.8 cm³/mol. The SMILES string of the molecule is COC(=O)c1nc(C)n(CCC(C)(C)C)c1N. The standard InChI is InChI=1S/C12H21N3O2/c1-8-14-9(11(16)17-5)10(13)15(8)7-6-12(2,3)4/h6-7,13H2,1-5H3. The molecule has 0 atom stereocenters. The van der Waals surface area contributed by atoms with Gasteiger partial charge in [0.25, 0.3) is 0 Å². The quantitative estimate of drug-likeness (QED) is 0.819. The van der Waals surface area contributed by atoms with Crippen LogP contribution in [0.15, 0.2) is 0 Å². The zero-order valence-corrected chi connectivity index (χ0v) is 11.2. The number of ether oxygens (including phenoxy) is 1. The van der Waals surface area contributed by atoms with Gasteiger partial charge >= 0.3 is 5.97 Å². The van der Waals surface area contributed by atoms with E-state index >= 15 is 0 Å². The van der Waals surface area contributed by atoms with Gasteiger partial charge in [-0.3, -0.25) is 0 Å². The molecular formula is C12H21N3O2. The first kappa shape index (κ1) is 13.5. The van der Waals surface area contributed by atoms with Crippen LogP contribution in [0.4, 0.5) is 5.82 Å². The number of nitrogens with two attached hydrogens (primary N) is 1. The zero-order chi connectivity index (χ0) is 13.2. The lowest BCUT2D eigenvalue weighted by molar-refractivity contribution is 0.0595. The highest BCUT2D eigenvalue weighted by Gasteiger charge is 2.20. The molecule has 0 aliphatic heterocycles. The van der Waals surface area contributed by atoms with Crippen molar-refractivity contribution in [2.45, 2.75) is 40.7 Å². The molecule has 1 heterocycles. The molecule has 0 aromatic carbocycles. The van der Waals surface area contributed by atoms with Gasteiger partial charge in [-0.05, 0) is 18.8 Å². The molecule has 1 rings (SSSR count). The summed E-state index contributed by atoms with van der Waals surface area (Å²) < 4.78 is 6.49. The topological polar surface area (TPSA) is 70.1 Å². The Labute approximate surface area is 102 Å². The van der Waals surface area contributed by atoms with Gasteiger partial charge in [-0.25, -0.2) is 9.78 Å². The molecule has 5 nitrogen and oxygen atoms in total. The monoisotopic (exact) mass is 239 g/mol. The molecule has 96 valence electrons. The minimum absolute atomic E-state index is 0.207. The number of carbonyl (C=O) groups excluding carboxylic acids is 1. The van der Waals surface area contributed by atoms with Crippen LogP contribution in [-0.2, 0) is 11.3 Å². The van der Waals surface area contributed by atoms with Crippen LogP contribution < -0.4 is 5.73 Å². The third-order valence-electron chi connectivity index (χ3n) is 2.66. The molecule has 0 bridgehead atoms. The van der Waals surface area contributed by atoms with Crippen molar-refractivity contribution in [1.82, 2.24) is 9.55 Å². The van der Waals surface area contributed by atoms with Gasteiger partial charge in [0.05, 0.1) is 7.11 Å². The fraction of sp³-hybridized carbons (Fsp3) is 0.667. The van der Waals surface area contributed by atoms with Gasteiger partial charge < -0.3 is 15.0 Å². The van der Waals surface area contributed by atoms with Crippen LogP contribution in [0.3, 0.4) is 0 Å². The smallest absolute Gasteiger partial charge is 0.360 e. The second kappa shape index (κ2) is 4.77. The van der Waals surface area contributed by atoms with Crippen LogP contribution in [-0.4, -0.2) is 22.6 Å². The number of anilines is 1. The van der Waals surface area contributed by atoms with Gasteiger partial charge in [0.2, 0.25) is 0 Å². The molecule has 1 aromatic heterocycles. The maximum Gasteiger partial charge on any atom is 0.360 e. The lowest BCUT2D eigenvalue weighted by Crippen LogP contribution is -2.13. The first-order valence-electron chi connectivity index (χ1n) is 5.67. The van der Waals surface area contributed by atoms with E-state index in [-0.39, 0.29) is 11.1 Å². The number of nitrogen functional groups attached to an aromatic ring is 1. The Hall–Kier alpha value is -1.52. The Morgan fingerprint density at radius 1 is 1.47 bits per heavy atom. The maximum absolute atomic E-state index is 11.4. The maximum atomic E-state index is 11.4. The third kappa shape index (κ3) is 3.22. The van der Waals surface area contributed by atoms with Crippen LogP contribution in [0.25, 0.3) is 0 Å². The molecule has 0 saturated carbocycles. The van der Waals surface area contributed by atoms with Gasteiger partial charge in [-0.1, -0.05) is 20.8 Å². The van der Waals surface area contributed by atoms with E-state index in [2.05, 4.69) is 30.5 Å². The highest BCUT2D eigenvalue weighted by Crippen LogP contribution is 2.22. The van der Waals surface area contributed by atoms with E-state index < -0.39 is 5.97 Å². The van der Waals surface area contributed by atoms with Crippen molar-refractivity contribution in [1.29, 1.82) is 0 Å². The van der Waals surface area contributed by atoms with Crippen molar-refractivity contribution in [2.75, 3.05) is 12.8 Å². The van der Waals surface area contributed by atoms with Crippen LogP contribution >= 0.6 is 0 Å². The Balaban J connectivity index is 2.94. The zero-order valence-electron chi connectivity index (χ0n) is 11.2. The molecule has 0 aliphatic rings. The predicted octanol–water partition coefficient (Wildman–Crippen LogP) is 2.00. The van der Waals surface area contributed by atoms with Gasteiger partial charge in [0.1, 0.15) is 11.6 Å². The van der Waals surface area contributed by atoms with Crippen LogP contribution in [0.2, 0.25) is 0 Å². The summed E-state index contributed by atoms with van der Waals surface area (Å²) in [6, 6.07) is 0. The van der Waals surface area contributed by atoms with Crippen molar-refractivity contribution < 1.29 is 9.53 Å². The highest BCUT2D eigenvalue weighted by molar-refractivity contribution is 5.92. The number of imidazole rings is 1. The number of hydrogen-bond acceptors (Lipinski definition) is 4. The van der Waals surface area contributed by atoms with Gasteiger partial charge in [0.15, 0.2) is 5.69 Å². The third-order valence-corrected chi connectivity index (χ3v) is 2.66. The number of hydrogen-bond donors (Lipinski definition) is 1. The van der Waals surface area contributed by atoms with Gasteiger partial charge in [0, 0.05) is 6.54 Å². The average Bonchev–Trinajstić information content (AvgIpc) is 2.49. The largest absolute Gasteiger partial charge is 0.464 e. The number of aromatic nitrogens is 2. The molecule has 0 radical (unpaired) electrons. The normalized spacial score (nSPS) is 11.6. The summed E-state index contributed by atoms with van der Waals surface area (Å²) in [5.41, 5.74) is 6.33. The first-order valence-corrected chi connectivity index (χ1v) is 5.67. The Morgan fingerprint density at radius 3 is 2.53 bits per heavy atom. The molecule has 0 fully saturated rings. The molecule has 0 spiro atoms. The molecule has 0 unspecified atom stereocenters. The van der Waals surface area contributed by atoms with Crippen LogP contribution in [0.5, 0.6) is 0 Å². The van der Waals surface area contributed by atoms with Gasteiger partial charge in [-0.2, -0.15) is 0 Å². The number of methoxy groups -OCH3 is 1. The summed E-state index contributed by atoms with van der Waals surface area (Å²) in [6.07, 6.45) is 0.967. The minimum Gasteiger partial charge on any atom is -0.464 e. The van der Waals surface area contributed by atoms with Crippen LogP contribution in [0, 0.1) is 12.3 Å². The molecule has 0 amide bonds. The van der Waals surface area contributed by atoms with E-state index in [9.17, 15) is 4.79 Å². The molecule has 0 aliphatic carbocycles. The van der Waals surface area contributed by atoms with E-state index in [1.165, 1.54) is 7.11 Å². The number of aryl methyl sites for hydroxylation is 1. The van der Waals surface area contributed by atoms with Crippen molar-refractivity contribution in [3.8, 4) is 0 Å². The summed E-state index contributed by atoms with van der Waals surface area (Å²) in [5, 5.41) is 0. The van der Waals surface area contributed by atoms with E-state index in [4.69, 9.17) is 5.73 Å². The minimum atomic E-state index is -0.486. The Bertz CT molecular complexity index is 416. The molecule has 2 N–H and O–H groups in total. The summed E-state index contributed by atoms with van der Waals surface area (Å²) in [6.45, 7) is 9.08. The lowest BCUT2D eigenvalue weighted by Gasteiger charge is -2.19. The fourth-order valence-electron chi connectivity index (χ4n) is 1.56. The van der Waals surface area contributed by atoms with Crippen molar-refractivity contribution in [3.05, 3.63) is 11.5 Å². The summed E-state index contributed by atoms with van der Waals surface area (Å²) in [4.78, 5) is 15.6. The van der Waals surface area contributed by atoms with Gasteiger partial charge in [-0.15, -0.1) is 0 Å². The Morgan fingerprint density at radius 2 is 2.06 bits per heavy atom. The highest BCUT2D eigenvalue weighted by atomic mass is 16.5. The summed E-state index contributed by atoms with van der Waals surface area (Å²) in [5.74, 6) is 0.644. The second-order valence-corrected chi connectivity index (χ2v) is 5.35. The molecule has 17 heavy (non-hydrogen) atoms. The van der Waals surface area contributed by atoms with Crippen molar-refractivity contribution in [3.63, 3.8) is 0 Å². The molecule has 5 heteroatoms.